The van der Waals surface area contributed by atoms with Gasteiger partial charge < -0.3 is 15.4 Å². The number of nitrogens with one attached hydrogen (secondary N) is 2. The predicted molar refractivity (Wildman–Crippen MR) is 112 cm³/mol. The van der Waals surface area contributed by atoms with Gasteiger partial charge in [-0.3, -0.25) is 9.59 Å². The maximum atomic E-state index is 12.2. The summed E-state index contributed by atoms with van der Waals surface area (Å²) in [6, 6.07) is 11.6. The monoisotopic (exact) mass is 376 g/mol. The lowest BCUT2D eigenvalue weighted by molar-refractivity contribution is -0.140. The van der Waals surface area contributed by atoms with Gasteiger partial charge in [0.05, 0.1) is 0 Å². The van der Waals surface area contributed by atoms with Crippen molar-refractivity contribution < 1.29 is 14.7 Å². The molecule has 0 saturated carbocycles. The number of rotatable bonds is 5. The minimum atomic E-state index is -1.06. The van der Waals surface area contributed by atoms with Crippen LogP contribution in [0, 0.1) is 13.8 Å². The highest BCUT2D eigenvalue weighted by Crippen LogP contribution is 2.30. The number of hydrogen-bond donors (Lipinski definition) is 3. The summed E-state index contributed by atoms with van der Waals surface area (Å²) in [5, 5.41) is 12.6. The first-order valence-corrected chi connectivity index (χ1v) is 9.17. The summed E-state index contributed by atoms with van der Waals surface area (Å²) in [5.41, 5.74) is 6.98. The van der Waals surface area contributed by atoms with E-state index >= 15 is 0 Å². The number of amides is 1. The summed E-state index contributed by atoms with van der Waals surface area (Å²) in [6.45, 7) is 7.19. The highest BCUT2D eigenvalue weighted by atomic mass is 16.4. The molecule has 5 heteroatoms. The molecular formula is C23H24N2O3. The van der Waals surface area contributed by atoms with Crippen molar-refractivity contribution >= 4 is 28.9 Å². The number of fused-ring (bicyclic) bond motifs is 1. The van der Waals surface area contributed by atoms with E-state index < -0.39 is 12.0 Å². The molecule has 0 saturated heterocycles. The fourth-order valence-electron chi connectivity index (χ4n) is 3.20. The van der Waals surface area contributed by atoms with Gasteiger partial charge in [0.2, 0.25) is 5.91 Å². The molecular weight excluding hydrogens is 352 g/mol. The SMILES string of the molecule is CC(=Cc1cc(C)c(-c2ccc3[nH]ccc3c2)cc1C)C(=O)N[C@H](C)C(=O)O. The second kappa shape index (κ2) is 7.72. The van der Waals surface area contributed by atoms with Crippen molar-refractivity contribution in [1.29, 1.82) is 0 Å². The summed E-state index contributed by atoms with van der Waals surface area (Å²) in [6.07, 6.45) is 3.73. The Morgan fingerprint density at radius 1 is 1.11 bits per heavy atom. The summed E-state index contributed by atoms with van der Waals surface area (Å²) < 4.78 is 0. The van der Waals surface area contributed by atoms with Crippen LogP contribution in [0.4, 0.5) is 0 Å². The van der Waals surface area contributed by atoms with E-state index in [2.05, 4.69) is 53.6 Å². The predicted octanol–water partition coefficient (Wildman–Crippen LogP) is 4.44. The lowest BCUT2D eigenvalue weighted by atomic mass is 9.93. The molecule has 0 fully saturated rings. The van der Waals surface area contributed by atoms with Gasteiger partial charge in [0.15, 0.2) is 0 Å². The van der Waals surface area contributed by atoms with Crippen LogP contribution in [0.3, 0.4) is 0 Å². The standard InChI is InChI=1S/C23H24N2O3/c1-13-11-20(17-5-6-21-18(12-17)7-8-24-21)14(2)9-19(13)10-15(3)22(26)25-16(4)23(27)28/h5-12,16,24H,1-4H3,(H,25,26)(H,27,28)/t16-/m1/s1. The van der Waals surface area contributed by atoms with Crippen molar-refractivity contribution in [3.63, 3.8) is 0 Å². The van der Waals surface area contributed by atoms with Gasteiger partial charge in [0, 0.05) is 17.3 Å². The number of hydrogen-bond acceptors (Lipinski definition) is 2. The van der Waals surface area contributed by atoms with Crippen LogP contribution < -0.4 is 5.32 Å². The number of carbonyl (C=O) groups excluding carboxylic acids is 1. The molecule has 5 nitrogen and oxygen atoms in total. The molecule has 28 heavy (non-hydrogen) atoms. The van der Waals surface area contributed by atoms with Crippen LogP contribution in [-0.4, -0.2) is 28.0 Å². The minimum Gasteiger partial charge on any atom is -0.480 e. The molecule has 3 rings (SSSR count). The largest absolute Gasteiger partial charge is 0.480 e. The molecule has 0 spiro atoms. The average Bonchev–Trinajstić information content (AvgIpc) is 3.11. The van der Waals surface area contributed by atoms with E-state index in [4.69, 9.17) is 5.11 Å². The van der Waals surface area contributed by atoms with Crippen LogP contribution in [0.5, 0.6) is 0 Å². The lowest BCUT2D eigenvalue weighted by Gasteiger charge is -2.13. The highest BCUT2D eigenvalue weighted by Gasteiger charge is 2.15. The third-order valence-electron chi connectivity index (χ3n) is 4.93. The van der Waals surface area contributed by atoms with Crippen molar-refractivity contribution in [2.75, 3.05) is 0 Å². The molecule has 0 unspecified atom stereocenters. The normalized spacial score (nSPS) is 12.8. The van der Waals surface area contributed by atoms with Crippen LogP contribution in [0.1, 0.15) is 30.5 Å². The Kier molecular flexibility index (Phi) is 5.36. The van der Waals surface area contributed by atoms with Gasteiger partial charge in [-0.15, -0.1) is 0 Å². The van der Waals surface area contributed by atoms with E-state index in [9.17, 15) is 9.59 Å². The molecule has 1 aromatic heterocycles. The van der Waals surface area contributed by atoms with Crippen LogP contribution in [-0.2, 0) is 9.59 Å². The Morgan fingerprint density at radius 2 is 1.86 bits per heavy atom. The molecule has 0 aliphatic heterocycles. The first-order valence-electron chi connectivity index (χ1n) is 9.17. The van der Waals surface area contributed by atoms with Crippen molar-refractivity contribution in [1.82, 2.24) is 10.3 Å². The van der Waals surface area contributed by atoms with E-state index in [1.807, 2.05) is 13.1 Å². The molecule has 1 amide bonds. The van der Waals surface area contributed by atoms with Crippen molar-refractivity contribution in [2.24, 2.45) is 0 Å². The van der Waals surface area contributed by atoms with E-state index in [-0.39, 0.29) is 5.91 Å². The molecule has 0 bridgehead atoms. The van der Waals surface area contributed by atoms with Crippen LogP contribution in [0.15, 0.2) is 48.2 Å². The Balaban J connectivity index is 1.91. The fraction of sp³-hybridized carbons (Fsp3) is 0.217. The zero-order valence-corrected chi connectivity index (χ0v) is 16.5. The van der Waals surface area contributed by atoms with Crippen LogP contribution in [0.25, 0.3) is 28.1 Å². The molecule has 1 heterocycles. The Bertz CT molecular complexity index is 1090. The Morgan fingerprint density at radius 3 is 2.57 bits per heavy atom. The smallest absolute Gasteiger partial charge is 0.325 e. The van der Waals surface area contributed by atoms with Gasteiger partial charge >= 0.3 is 5.97 Å². The number of benzene rings is 2. The molecule has 144 valence electrons. The quantitative estimate of drug-likeness (QED) is 0.576. The van der Waals surface area contributed by atoms with Crippen molar-refractivity contribution in [3.8, 4) is 11.1 Å². The van der Waals surface area contributed by atoms with Crippen molar-refractivity contribution in [2.45, 2.75) is 33.7 Å². The Labute approximate surface area is 164 Å². The molecule has 0 aliphatic carbocycles. The molecule has 0 radical (unpaired) electrons. The van der Waals surface area contributed by atoms with Crippen LogP contribution >= 0.6 is 0 Å². The third kappa shape index (κ3) is 3.98. The van der Waals surface area contributed by atoms with E-state index in [1.54, 1.807) is 13.0 Å². The highest BCUT2D eigenvalue weighted by molar-refractivity contribution is 5.99. The van der Waals surface area contributed by atoms with E-state index in [1.165, 1.54) is 12.3 Å². The number of aromatic amines is 1. The zero-order chi connectivity index (χ0) is 20.4. The molecule has 3 aromatic rings. The number of aromatic nitrogens is 1. The second-order valence-corrected chi connectivity index (χ2v) is 7.16. The number of aliphatic carboxylic acids is 1. The van der Waals surface area contributed by atoms with Crippen molar-refractivity contribution in [3.05, 3.63) is 64.9 Å². The second-order valence-electron chi connectivity index (χ2n) is 7.16. The lowest BCUT2D eigenvalue weighted by Crippen LogP contribution is -2.38. The molecule has 0 aliphatic rings. The summed E-state index contributed by atoms with van der Waals surface area (Å²) in [4.78, 5) is 26.3. The van der Waals surface area contributed by atoms with Crippen LogP contribution in [0.2, 0.25) is 0 Å². The number of carbonyl (C=O) groups is 2. The number of carboxylic acids is 1. The van der Waals surface area contributed by atoms with Gasteiger partial charge in [-0.25, -0.2) is 0 Å². The summed E-state index contributed by atoms with van der Waals surface area (Å²) in [7, 11) is 0. The van der Waals surface area contributed by atoms with Gasteiger partial charge in [-0.2, -0.15) is 0 Å². The number of carboxylic acid groups (broad SMARTS) is 1. The van der Waals surface area contributed by atoms with Gasteiger partial charge in [0.1, 0.15) is 6.04 Å². The first-order chi connectivity index (χ1) is 13.3. The van der Waals surface area contributed by atoms with E-state index in [0.29, 0.717) is 5.57 Å². The summed E-state index contributed by atoms with van der Waals surface area (Å²) >= 11 is 0. The molecule has 2 aromatic carbocycles. The van der Waals surface area contributed by atoms with Gasteiger partial charge in [-0.05, 0) is 85.2 Å². The maximum absolute atomic E-state index is 12.2. The van der Waals surface area contributed by atoms with Gasteiger partial charge in [-0.1, -0.05) is 18.2 Å². The van der Waals surface area contributed by atoms with Gasteiger partial charge in [0.25, 0.3) is 0 Å². The summed E-state index contributed by atoms with van der Waals surface area (Å²) in [5.74, 6) is -1.44. The molecule has 3 N–H and O–H groups in total. The number of H-pyrrole nitrogens is 1. The fourth-order valence-corrected chi connectivity index (χ4v) is 3.20. The van der Waals surface area contributed by atoms with E-state index in [0.717, 1.165) is 33.3 Å². The zero-order valence-electron chi connectivity index (χ0n) is 16.5. The third-order valence-corrected chi connectivity index (χ3v) is 4.93. The first kappa shape index (κ1) is 19.4. The minimum absolute atomic E-state index is 0.381. The topological polar surface area (TPSA) is 82.2 Å². The Hall–Kier alpha value is -3.34. The average molecular weight is 376 g/mol. The maximum Gasteiger partial charge on any atom is 0.325 e. The number of aryl methyl sites for hydroxylation is 2. The molecule has 1 atom stereocenters.